The van der Waals surface area contributed by atoms with E-state index in [1.165, 1.54) is 0 Å². The van der Waals surface area contributed by atoms with E-state index in [4.69, 9.17) is 17.0 Å². The first kappa shape index (κ1) is 13.8. The highest BCUT2D eigenvalue weighted by atomic mass is 79.9. The highest BCUT2D eigenvalue weighted by Crippen LogP contribution is 2.14. The zero-order valence-corrected chi connectivity index (χ0v) is 12.4. The van der Waals surface area contributed by atoms with Crippen molar-refractivity contribution in [1.29, 1.82) is 5.41 Å². The van der Waals surface area contributed by atoms with Crippen LogP contribution in [0, 0.1) is 5.41 Å². The van der Waals surface area contributed by atoms with Gasteiger partial charge in [0.05, 0.1) is 0 Å². The molecule has 0 amide bonds. The standard InChI is InChI=1S/C15H12BrClN2/c16-12-4-1-11(2-5-12)3-10-15(18)19-14-8-6-13(17)7-9-14/h1-10H,(H2,18,19). The average molecular weight is 336 g/mol. The van der Waals surface area contributed by atoms with Crippen molar-refractivity contribution in [2.24, 2.45) is 0 Å². The van der Waals surface area contributed by atoms with Crippen LogP contribution in [0.4, 0.5) is 5.69 Å². The minimum Gasteiger partial charge on any atom is -0.341 e. The molecule has 2 aromatic rings. The van der Waals surface area contributed by atoms with Crippen molar-refractivity contribution in [1.82, 2.24) is 0 Å². The van der Waals surface area contributed by atoms with Gasteiger partial charge in [-0.05, 0) is 48.0 Å². The van der Waals surface area contributed by atoms with Crippen LogP contribution in [0.1, 0.15) is 5.56 Å². The first-order valence-corrected chi connectivity index (χ1v) is 6.85. The normalized spacial score (nSPS) is 10.6. The van der Waals surface area contributed by atoms with Crippen LogP contribution in [0.25, 0.3) is 6.08 Å². The van der Waals surface area contributed by atoms with Crippen molar-refractivity contribution in [3.05, 3.63) is 69.7 Å². The highest BCUT2D eigenvalue weighted by Gasteiger charge is 1.94. The molecule has 0 bridgehead atoms. The van der Waals surface area contributed by atoms with Gasteiger partial charge in [0.1, 0.15) is 5.84 Å². The lowest BCUT2D eigenvalue weighted by molar-refractivity contribution is 1.48. The molecule has 0 aliphatic carbocycles. The number of nitrogens with one attached hydrogen (secondary N) is 2. The van der Waals surface area contributed by atoms with E-state index in [0.29, 0.717) is 10.9 Å². The van der Waals surface area contributed by atoms with Gasteiger partial charge in [0.15, 0.2) is 0 Å². The van der Waals surface area contributed by atoms with Crippen molar-refractivity contribution in [3.8, 4) is 0 Å². The number of amidine groups is 1. The third kappa shape index (κ3) is 4.54. The van der Waals surface area contributed by atoms with Crippen LogP contribution >= 0.6 is 27.5 Å². The Morgan fingerprint density at radius 3 is 2.32 bits per heavy atom. The van der Waals surface area contributed by atoms with E-state index in [0.717, 1.165) is 15.7 Å². The van der Waals surface area contributed by atoms with Gasteiger partial charge in [0.2, 0.25) is 0 Å². The summed E-state index contributed by atoms with van der Waals surface area (Å²) in [4.78, 5) is 0. The van der Waals surface area contributed by atoms with Crippen LogP contribution in [-0.4, -0.2) is 5.84 Å². The Morgan fingerprint density at radius 1 is 1.05 bits per heavy atom. The van der Waals surface area contributed by atoms with Gasteiger partial charge in [-0.25, -0.2) is 0 Å². The van der Waals surface area contributed by atoms with E-state index in [2.05, 4.69) is 21.2 Å². The molecule has 4 heteroatoms. The predicted molar refractivity (Wildman–Crippen MR) is 86.0 cm³/mol. The van der Waals surface area contributed by atoms with Crippen molar-refractivity contribution in [3.63, 3.8) is 0 Å². The third-order valence-electron chi connectivity index (χ3n) is 2.44. The quantitative estimate of drug-likeness (QED) is 0.586. The first-order chi connectivity index (χ1) is 9.13. The maximum atomic E-state index is 7.83. The molecular weight excluding hydrogens is 324 g/mol. The van der Waals surface area contributed by atoms with Gasteiger partial charge in [0.25, 0.3) is 0 Å². The Hall–Kier alpha value is -1.58. The fourth-order valence-corrected chi connectivity index (χ4v) is 1.87. The fourth-order valence-electron chi connectivity index (χ4n) is 1.48. The van der Waals surface area contributed by atoms with Gasteiger partial charge in [-0.15, -0.1) is 0 Å². The maximum absolute atomic E-state index is 7.83. The van der Waals surface area contributed by atoms with E-state index < -0.39 is 0 Å². The lowest BCUT2D eigenvalue weighted by atomic mass is 10.2. The van der Waals surface area contributed by atoms with Gasteiger partial charge in [-0.3, -0.25) is 5.41 Å². The molecule has 0 atom stereocenters. The maximum Gasteiger partial charge on any atom is 0.122 e. The third-order valence-corrected chi connectivity index (χ3v) is 3.22. The van der Waals surface area contributed by atoms with Gasteiger partial charge in [-0.1, -0.05) is 45.7 Å². The Kier molecular flexibility index (Phi) is 4.77. The summed E-state index contributed by atoms with van der Waals surface area (Å²) < 4.78 is 1.04. The lowest BCUT2D eigenvalue weighted by Gasteiger charge is -2.04. The smallest absolute Gasteiger partial charge is 0.122 e. The van der Waals surface area contributed by atoms with Crippen molar-refractivity contribution in [2.75, 3.05) is 5.32 Å². The molecule has 0 unspecified atom stereocenters. The van der Waals surface area contributed by atoms with Gasteiger partial charge < -0.3 is 5.32 Å². The molecule has 0 spiro atoms. The van der Waals surface area contributed by atoms with Crippen LogP contribution in [0.2, 0.25) is 5.02 Å². The monoisotopic (exact) mass is 334 g/mol. The number of halogens is 2. The number of anilines is 1. The van der Waals surface area contributed by atoms with E-state index >= 15 is 0 Å². The number of rotatable bonds is 3. The second kappa shape index (κ2) is 6.55. The molecule has 96 valence electrons. The summed E-state index contributed by atoms with van der Waals surface area (Å²) in [5.74, 6) is 0.324. The topological polar surface area (TPSA) is 35.9 Å². The summed E-state index contributed by atoms with van der Waals surface area (Å²) in [6.07, 6.45) is 3.61. The van der Waals surface area contributed by atoms with Crippen LogP contribution in [0.5, 0.6) is 0 Å². The molecule has 0 aliphatic rings. The molecule has 2 rings (SSSR count). The van der Waals surface area contributed by atoms with Gasteiger partial charge in [-0.2, -0.15) is 0 Å². The van der Waals surface area contributed by atoms with Gasteiger partial charge >= 0.3 is 0 Å². The molecule has 2 N–H and O–H groups in total. The number of hydrogen-bond acceptors (Lipinski definition) is 1. The molecule has 0 radical (unpaired) electrons. The molecule has 0 heterocycles. The van der Waals surface area contributed by atoms with Crippen LogP contribution in [0.3, 0.4) is 0 Å². The fraction of sp³-hybridized carbons (Fsp3) is 0. The Morgan fingerprint density at radius 2 is 1.68 bits per heavy atom. The predicted octanol–water partition coefficient (Wildman–Crippen LogP) is 5.21. The molecule has 0 saturated carbocycles. The van der Waals surface area contributed by atoms with E-state index in [9.17, 15) is 0 Å². The highest BCUT2D eigenvalue weighted by molar-refractivity contribution is 9.10. The molecule has 0 saturated heterocycles. The molecular formula is C15H12BrClN2. The minimum atomic E-state index is 0.324. The van der Waals surface area contributed by atoms with E-state index in [-0.39, 0.29) is 0 Å². The van der Waals surface area contributed by atoms with E-state index in [1.807, 2.05) is 42.5 Å². The molecule has 19 heavy (non-hydrogen) atoms. The Balaban J connectivity index is 1.97. The van der Waals surface area contributed by atoms with Crippen molar-refractivity contribution >= 4 is 45.1 Å². The molecule has 2 aromatic carbocycles. The summed E-state index contributed by atoms with van der Waals surface area (Å²) in [6.45, 7) is 0. The SMILES string of the molecule is N=C(C=Cc1ccc(Br)cc1)Nc1ccc(Cl)cc1. The number of benzene rings is 2. The molecule has 0 aromatic heterocycles. The van der Waals surface area contributed by atoms with Crippen molar-refractivity contribution < 1.29 is 0 Å². The largest absolute Gasteiger partial charge is 0.341 e. The zero-order valence-electron chi connectivity index (χ0n) is 10.0. The van der Waals surface area contributed by atoms with Crippen LogP contribution in [-0.2, 0) is 0 Å². The Bertz CT molecular complexity index is 589. The first-order valence-electron chi connectivity index (χ1n) is 5.68. The average Bonchev–Trinajstić information content (AvgIpc) is 2.41. The summed E-state index contributed by atoms with van der Waals surface area (Å²) >= 11 is 9.19. The molecule has 0 fully saturated rings. The molecule has 0 aliphatic heterocycles. The van der Waals surface area contributed by atoms with Gasteiger partial charge in [0, 0.05) is 15.2 Å². The summed E-state index contributed by atoms with van der Waals surface area (Å²) in [5.41, 5.74) is 1.89. The second-order valence-corrected chi connectivity index (χ2v) is 5.28. The zero-order chi connectivity index (χ0) is 13.7. The van der Waals surface area contributed by atoms with E-state index in [1.54, 1.807) is 18.2 Å². The Labute approximate surface area is 125 Å². The minimum absolute atomic E-state index is 0.324. The lowest BCUT2D eigenvalue weighted by Crippen LogP contribution is -2.06. The summed E-state index contributed by atoms with van der Waals surface area (Å²) in [6, 6.07) is 15.2. The molecule has 2 nitrogen and oxygen atoms in total. The summed E-state index contributed by atoms with van der Waals surface area (Å²) in [7, 11) is 0. The van der Waals surface area contributed by atoms with Crippen molar-refractivity contribution in [2.45, 2.75) is 0 Å². The van der Waals surface area contributed by atoms with Crippen LogP contribution in [0.15, 0.2) is 59.1 Å². The number of hydrogen-bond donors (Lipinski definition) is 2. The second-order valence-electron chi connectivity index (χ2n) is 3.93. The summed E-state index contributed by atoms with van der Waals surface area (Å²) in [5, 5.41) is 11.5. The van der Waals surface area contributed by atoms with Crippen LogP contribution < -0.4 is 5.32 Å².